The van der Waals surface area contributed by atoms with E-state index in [2.05, 4.69) is 22.3 Å². The number of rotatable bonds is 4. The molecule has 0 spiro atoms. The van der Waals surface area contributed by atoms with Crippen LogP contribution in [0.3, 0.4) is 0 Å². The summed E-state index contributed by atoms with van der Waals surface area (Å²) in [4.78, 5) is 29.2. The molecule has 1 aliphatic rings. The molecule has 136 valence electrons. The third-order valence-corrected chi connectivity index (χ3v) is 5.63. The summed E-state index contributed by atoms with van der Waals surface area (Å²) in [6.45, 7) is 6.11. The number of aryl methyl sites for hydroxylation is 3. The summed E-state index contributed by atoms with van der Waals surface area (Å²) in [5.74, 6) is 0.654. The lowest BCUT2D eigenvalue weighted by Gasteiger charge is -2.29. The molecule has 25 heavy (non-hydrogen) atoms. The first-order valence-corrected chi connectivity index (χ1v) is 9.22. The average Bonchev–Trinajstić information content (AvgIpc) is 2.83. The second-order valence-electron chi connectivity index (χ2n) is 7.44. The lowest BCUT2D eigenvalue weighted by Crippen LogP contribution is -2.41. The molecule has 2 N–H and O–H groups in total. The number of nitrogens with zero attached hydrogens (tertiary/aromatic N) is 2. The minimum atomic E-state index is -0.0678. The van der Waals surface area contributed by atoms with Crippen LogP contribution in [0.5, 0.6) is 0 Å². The summed E-state index contributed by atoms with van der Waals surface area (Å²) < 4.78 is 1.45. The van der Waals surface area contributed by atoms with E-state index in [0.717, 1.165) is 23.2 Å². The molecule has 0 radical (unpaired) electrons. The van der Waals surface area contributed by atoms with Crippen LogP contribution in [-0.2, 0) is 18.3 Å². The number of fused-ring (bicyclic) bond motifs is 1. The molecule has 3 rings (SSSR count). The second-order valence-corrected chi connectivity index (χ2v) is 7.44. The number of pyridine rings is 1. The van der Waals surface area contributed by atoms with Gasteiger partial charge in [0, 0.05) is 25.2 Å². The van der Waals surface area contributed by atoms with Crippen molar-refractivity contribution < 1.29 is 4.79 Å². The van der Waals surface area contributed by atoms with Gasteiger partial charge in [-0.3, -0.25) is 19.4 Å². The molecule has 6 heteroatoms. The Bertz CT molecular complexity index is 849. The largest absolute Gasteiger partial charge is 0.353 e. The van der Waals surface area contributed by atoms with Crippen molar-refractivity contribution in [1.29, 1.82) is 0 Å². The van der Waals surface area contributed by atoms with Crippen LogP contribution in [0.1, 0.15) is 55.8 Å². The highest BCUT2D eigenvalue weighted by atomic mass is 16.1. The van der Waals surface area contributed by atoms with Gasteiger partial charge in [-0.15, -0.1) is 0 Å². The van der Waals surface area contributed by atoms with E-state index in [1.807, 2.05) is 13.8 Å². The smallest absolute Gasteiger partial charge is 0.276 e. The Balaban J connectivity index is 1.73. The van der Waals surface area contributed by atoms with Crippen molar-refractivity contribution in [1.82, 2.24) is 20.1 Å². The fraction of sp³-hybridized carbons (Fsp3) is 0.632. The summed E-state index contributed by atoms with van der Waals surface area (Å²) in [5, 5.41) is 6.80. The van der Waals surface area contributed by atoms with Gasteiger partial charge >= 0.3 is 0 Å². The van der Waals surface area contributed by atoms with Crippen LogP contribution >= 0.6 is 0 Å². The Labute approximate surface area is 148 Å². The van der Waals surface area contributed by atoms with E-state index in [9.17, 15) is 9.59 Å². The number of nitrogens with one attached hydrogen (secondary N) is 2. The van der Waals surface area contributed by atoms with Gasteiger partial charge in [0.05, 0.1) is 5.39 Å². The monoisotopic (exact) mass is 344 g/mol. The molecule has 2 aromatic rings. The first kappa shape index (κ1) is 17.7. The molecule has 0 unspecified atom stereocenters. The van der Waals surface area contributed by atoms with E-state index < -0.39 is 0 Å². The third-order valence-electron chi connectivity index (χ3n) is 5.63. The van der Waals surface area contributed by atoms with Gasteiger partial charge in [0.25, 0.3) is 5.56 Å². The molecule has 2 aromatic heterocycles. The number of amides is 1. The number of hydrogen-bond acceptors (Lipinski definition) is 3. The van der Waals surface area contributed by atoms with Gasteiger partial charge < -0.3 is 5.32 Å². The number of aromatic nitrogens is 3. The second kappa shape index (κ2) is 7.02. The van der Waals surface area contributed by atoms with Crippen LogP contribution in [0, 0.1) is 19.8 Å². The van der Waals surface area contributed by atoms with Crippen molar-refractivity contribution in [2.45, 2.75) is 65.3 Å². The number of aromatic amines is 1. The summed E-state index contributed by atoms with van der Waals surface area (Å²) in [6.07, 6.45) is 5.79. The first-order valence-electron chi connectivity index (χ1n) is 9.22. The quantitative estimate of drug-likeness (QED) is 0.894. The van der Waals surface area contributed by atoms with Gasteiger partial charge in [-0.2, -0.15) is 0 Å². The van der Waals surface area contributed by atoms with Crippen LogP contribution in [0.15, 0.2) is 4.79 Å². The Morgan fingerprint density at radius 2 is 2.04 bits per heavy atom. The molecular formula is C19H28N4O2. The Kier molecular flexibility index (Phi) is 4.97. The zero-order valence-electron chi connectivity index (χ0n) is 15.6. The molecule has 0 saturated heterocycles. The van der Waals surface area contributed by atoms with Gasteiger partial charge in [-0.05, 0) is 50.2 Å². The summed E-state index contributed by atoms with van der Waals surface area (Å²) in [5.41, 5.74) is 3.37. The SMILES string of the molecule is Cc1nc2[nH]n(C)c(=O)c2c(C)c1CCC(=O)N[C@@H]1CCCC[C@@H]1C. The Morgan fingerprint density at radius 3 is 2.76 bits per heavy atom. The van der Waals surface area contributed by atoms with Crippen LogP contribution in [0.25, 0.3) is 11.0 Å². The van der Waals surface area contributed by atoms with Gasteiger partial charge in [0.2, 0.25) is 5.91 Å². The minimum absolute atomic E-state index is 0.0678. The highest BCUT2D eigenvalue weighted by Gasteiger charge is 2.23. The van der Waals surface area contributed by atoms with E-state index in [0.29, 0.717) is 35.8 Å². The Morgan fingerprint density at radius 1 is 1.32 bits per heavy atom. The van der Waals surface area contributed by atoms with Gasteiger partial charge in [-0.1, -0.05) is 19.8 Å². The maximum Gasteiger partial charge on any atom is 0.276 e. The number of H-pyrrole nitrogens is 1. The lowest BCUT2D eigenvalue weighted by molar-refractivity contribution is -0.122. The van der Waals surface area contributed by atoms with Crippen LogP contribution in [-0.4, -0.2) is 26.7 Å². The molecule has 6 nitrogen and oxygen atoms in total. The van der Waals surface area contributed by atoms with Gasteiger partial charge in [0.1, 0.15) is 0 Å². The maximum absolute atomic E-state index is 12.4. The van der Waals surface area contributed by atoms with Gasteiger partial charge in [0.15, 0.2) is 5.65 Å². The standard InChI is InChI=1S/C19H28N4O2/c1-11-7-5-6-8-15(11)21-16(24)10-9-14-12(2)17-18(20-13(14)3)22-23(4)19(17)25/h11,15H,5-10H2,1-4H3,(H,20,22)(H,21,24)/t11-,15+/m0/s1. The van der Waals surface area contributed by atoms with E-state index >= 15 is 0 Å². The van der Waals surface area contributed by atoms with Crippen molar-refractivity contribution in [2.24, 2.45) is 13.0 Å². The summed E-state index contributed by atoms with van der Waals surface area (Å²) >= 11 is 0. The summed E-state index contributed by atoms with van der Waals surface area (Å²) in [6, 6.07) is 0.306. The molecule has 0 bridgehead atoms. The molecule has 0 aliphatic heterocycles. The predicted molar refractivity (Wildman–Crippen MR) is 98.7 cm³/mol. The van der Waals surface area contributed by atoms with Crippen molar-refractivity contribution in [3.63, 3.8) is 0 Å². The lowest BCUT2D eigenvalue weighted by atomic mass is 9.86. The minimum Gasteiger partial charge on any atom is -0.353 e. The molecule has 2 atom stereocenters. The molecule has 1 saturated carbocycles. The number of carbonyl (C=O) groups excluding carboxylic acids is 1. The average molecular weight is 344 g/mol. The zero-order chi connectivity index (χ0) is 18.1. The van der Waals surface area contributed by atoms with Crippen molar-refractivity contribution in [3.8, 4) is 0 Å². The molecule has 0 aromatic carbocycles. The topological polar surface area (TPSA) is 79.8 Å². The molecule has 1 fully saturated rings. The third kappa shape index (κ3) is 3.48. The van der Waals surface area contributed by atoms with E-state index in [1.165, 1.54) is 23.9 Å². The van der Waals surface area contributed by atoms with Crippen LogP contribution in [0.4, 0.5) is 0 Å². The Hall–Kier alpha value is -2.11. The van der Waals surface area contributed by atoms with Crippen molar-refractivity contribution >= 4 is 16.9 Å². The van der Waals surface area contributed by atoms with Gasteiger partial charge in [-0.25, -0.2) is 4.98 Å². The molecule has 2 heterocycles. The molecular weight excluding hydrogens is 316 g/mol. The van der Waals surface area contributed by atoms with E-state index in [1.54, 1.807) is 7.05 Å². The van der Waals surface area contributed by atoms with Crippen LogP contribution in [0.2, 0.25) is 0 Å². The normalized spacial score (nSPS) is 20.8. The van der Waals surface area contributed by atoms with Crippen molar-refractivity contribution in [3.05, 3.63) is 27.2 Å². The highest BCUT2D eigenvalue weighted by Crippen LogP contribution is 2.24. The fourth-order valence-electron chi connectivity index (χ4n) is 4.03. The predicted octanol–water partition coefficient (Wildman–Crippen LogP) is 2.51. The first-order chi connectivity index (χ1) is 11.9. The van der Waals surface area contributed by atoms with Crippen LogP contribution < -0.4 is 10.9 Å². The fourth-order valence-corrected chi connectivity index (χ4v) is 4.03. The van der Waals surface area contributed by atoms with Crippen molar-refractivity contribution in [2.75, 3.05) is 0 Å². The number of hydrogen-bond donors (Lipinski definition) is 2. The van der Waals surface area contributed by atoms with E-state index in [-0.39, 0.29) is 11.5 Å². The summed E-state index contributed by atoms with van der Waals surface area (Å²) in [7, 11) is 1.69. The highest BCUT2D eigenvalue weighted by molar-refractivity contribution is 5.80. The number of carbonyl (C=O) groups is 1. The maximum atomic E-state index is 12.4. The van der Waals surface area contributed by atoms with E-state index in [4.69, 9.17) is 0 Å². The molecule has 1 amide bonds. The molecule has 1 aliphatic carbocycles. The zero-order valence-corrected chi connectivity index (χ0v) is 15.6.